The van der Waals surface area contributed by atoms with Crippen LogP contribution in [-0.4, -0.2) is 20.6 Å². The van der Waals surface area contributed by atoms with Crippen LogP contribution in [0.3, 0.4) is 0 Å². The molecule has 0 atom stereocenters. The van der Waals surface area contributed by atoms with Crippen molar-refractivity contribution in [3.63, 3.8) is 0 Å². The van der Waals surface area contributed by atoms with Crippen LogP contribution in [0.4, 0.5) is 0 Å². The molecule has 16 heavy (non-hydrogen) atoms. The van der Waals surface area contributed by atoms with E-state index in [2.05, 4.69) is 4.98 Å². The Morgan fingerprint density at radius 2 is 2.31 bits per heavy atom. The van der Waals surface area contributed by atoms with Crippen LogP contribution < -0.4 is 0 Å². The van der Waals surface area contributed by atoms with Gasteiger partial charge in [0, 0.05) is 11.9 Å². The minimum Gasteiger partial charge on any atom is -0.476 e. The molecule has 0 saturated carbocycles. The number of hydrogen-bond acceptors (Lipinski definition) is 3. The average molecular weight is 213 g/mol. The minimum atomic E-state index is -1.07. The number of nitriles is 1. The number of carboxylic acids is 1. The molecule has 2 aromatic rings. The standard InChI is InChI=1S/C11H7N3O2/c12-5-8-2-1-3-9(4-8)14-6-10(11(15)16)13-7-14/h1-4,6-7H,(H,15,16). The topological polar surface area (TPSA) is 78.9 Å². The number of benzene rings is 1. The van der Waals surface area contributed by atoms with Gasteiger partial charge in [-0.3, -0.25) is 0 Å². The van der Waals surface area contributed by atoms with Crippen molar-refractivity contribution in [2.24, 2.45) is 0 Å². The summed E-state index contributed by atoms with van der Waals surface area (Å²) in [6, 6.07) is 8.86. The summed E-state index contributed by atoms with van der Waals surface area (Å²) in [6.07, 6.45) is 2.80. The van der Waals surface area contributed by atoms with Gasteiger partial charge in [0.1, 0.15) is 6.33 Å². The predicted octanol–water partition coefficient (Wildman–Crippen LogP) is 1.44. The van der Waals surface area contributed by atoms with E-state index in [4.69, 9.17) is 10.4 Å². The van der Waals surface area contributed by atoms with Crippen LogP contribution >= 0.6 is 0 Å². The highest BCUT2D eigenvalue weighted by Gasteiger charge is 2.07. The number of imidazole rings is 1. The number of carbonyl (C=O) groups is 1. The quantitative estimate of drug-likeness (QED) is 0.818. The van der Waals surface area contributed by atoms with Gasteiger partial charge in [0.25, 0.3) is 0 Å². The molecule has 5 heteroatoms. The number of nitrogens with zero attached hydrogens (tertiary/aromatic N) is 3. The van der Waals surface area contributed by atoms with Gasteiger partial charge in [-0.25, -0.2) is 9.78 Å². The van der Waals surface area contributed by atoms with Crippen LogP contribution in [0.25, 0.3) is 5.69 Å². The van der Waals surface area contributed by atoms with Gasteiger partial charge in [-0.15, -0.1) is 0 Å². The van der Waals surface area contributed by atoms with Crippen molar-refractivity contribution in [3.05, 3.63) is 48.0 Å². The van der Waals surface area contributed by atoms with Gasteiger partial charge < -0.3 is 9.67 Å². The van der Waals surface area contributed by atoms with Crippen LogP contribution in [0.5, 0.6) is 0 Å². The van der Waals surface area contributed by atoms with Crippen molar-refractivity contribution in [1.29, 1.82) is 5.26 Å². The second-order valence-corrected chi connectivity index (χ2v) is 3.13. The van der Waals surface area contributed by atoms with Gasteiger partial charge in [-0.05, 0) is 18.2 Å². The molecule has 0 amide bonds. The Labute approximate surface area is 91.2 Å². The Bertz CT molecular complexity index is 581. The number of carboxylic acid groups (broad SMARTS) is 1. The lowest BCUT2D eigenvalue weighted by atomic mass is 10.2. The summed E-state index contributed by atoms with van der Waals surface area (Å²) >= 11 is 0. The third kappa shape index (κ3) is 1.77. The first-order chi connectivity index (χ1) is 7.70. The Hall–Kier alpha value is -2.61. The van der Waals surface area contributed by atoms with Gasteiger partial charge in [0.05, 0.1) is 11.6 Å². The van der Waals surface area contributed by atoms with E-state index in [9.17, 15) is 4.79 Å². The Kier molecular flexibility index (Phi) is 2.40. The van der Waals surface area contributed by atoms with Gasteiger partial charge in [-0.1, -0.05) is 6.07 Å². The predicted molar refractivity (Wildman–Crippen MR) is 55.2 cm³/mol. The van der Waals surface area contributed by atoms with Crippen molar-refractivity contribution >= 4 is 5.97 Å². The van der Waals surface area contributed by atoms with E-state index in [0.717, 1.165) is 0 Å². The van der Waals surface area contributed by atoms with Gasteiger partial charge in [-0.2, -0.15) is 5.26 Å². The summed E-state index contributed by atoms with van der Waals surface area (Å²) in [4.78, 5) is 14.4. The van der Waals surface area contributed by atoms with Crippen LogP contribution in [0, 0.1) is 11.3 Å². The molecule has 0 fully saturated rings. The molecule has 0 aliphatic carbocycles. The van der Waals surface area contributed by atoms with E-state index in [1.54, 1.807) is 28.8 Å². The third-order valence-electron chi connectivity index (χ3n) is 2.08. The monoisotopic (exact) mass is 213 g/mol. The maximum Gasteiger partial charge on any atom is 0.356 e. The van der Waals surface area contributed by atoms with Crippen LogP contribution in [-0.2, 0) is 0 Å². The SMILES string of the molecule is N#Cc1cccc(-n2cnc(C(=O)O)c2)c1. The highest BCUT2D eigenvalue weighted by atomic mass is 16.4. The first-order valence-corrected chi connectivity index (χ1v) is 4.48. The Morgan fingerprint density at radius 3 is 2.94 bits per heavy atom. The average Bonchev–Trinajstić information content (AvgIpc) is 2.78. The maximum atomic E-state index is 10.6. The second kappa shape index (κ2) is 3.87. The highest BCUT2D eigenvalue weighted by Crippen LogP contribution is 2.10. The molecular formula is C11H7N3O2. The smallest absolute Gasteiger partial charge is 0.356 e. The number of aromatic carboxylic acids is 1. The molecule has 0 aliphatic heterocycles. The summed E-state index contributed by atoms with van der Waals surface area (Å²) in [5.74, 6) is -1.07. The van der Waals surface area contributed by atoms with Crippen molar-refractivity contribution in [2.75, 3.05) is 0 Å². The molecule has 0 bridgehead atoms. The summed E-state index contributed by atoms with van der Waals surface area (Å²) in [5, 5.41) is 17.5. The van der Waals surface area contributed by atoms with Crippen molar-refractivity contribution < 1.29 is 9.90 Å². The first-order valence-electron chi connectivity index (χ1n) is 4.48. The maximum absolute atomic E-state index is 10.6. The van der Waals surface area contributed by atoms with E-state index in [0.29, 0.717) is 11.3 Å². The van der Waals surface area contributed by atoms with E-state index in [1.807, 2.05) is 6.07 Å². The van der Waals surface area contributed by atoms with Crippen LogP contribution in [0.15, 0.2) is 36.8 Å². The molecule has 0 spiro atoms. The Balaban J connectivity index is 2.43. The van der Waals surface area contributed by atoms with E-state index < -0.39 is 5.97 Å². The first kappa shape index (κ1) is 9.93. The summed E-state index contributed by atoms with van der Waals surface area (Å²) in [6.45, 7) is 0. The fraction of sp³-hybridized carbons (Fsp3) is 0. The fourth-order valence-electron chi connectivity index (χ4n) is 1.31. The molecule has 1 N–H and O–H groups in total. The van der Waals surface area contributed by atoms with E-state index >= 15 is 0 Å². The molecule has 0 unspecified atom stereocenters. The zero-order chi connectivity index (χ0) is 11.5. The number of aromatic nitrogens is 2. The molecule has 1 aromatic carbocycles. The minimum absolute atomic E-state index is 0.0256. The lowest BCUT2D eigenvalue weighted by Gasteiger charge is -2.00. The molecule has 1 heterocycles. The molecule has 2 rings (SSSR count). The second-order valence-electron chi connectivity index (χ2n) is 3.13. The van der Waals surface area contributed by atoms with Gasteiger partial charge >= 0.3 is 5.97 Å². The summed E-state index contributed by atoms with van der Waals surface area (Å²) in [5.41, 5.74) is 1.20. The lowest BCUT2D eigenvalue weighted by Crippen LogP contribution is -1.96. The molecule has 78 valence electrons. The lowest BCUT2D eigenvalue weighted by molar-refractivity contribution is 0.0691. The summed E-state index contributed by atoms with van der Waals surface area (Å²) in [7, 11) is 0. The molecular weight excluding hydrogens is 206 g/mol. The number of hydrogen-bond donors (Lipinski definition) is 1. The molecule has 0 aliphatic rings. The van der Waals surface area contributed by atoms with E-state index in [-0.39, 0.29) is 5.69 Å². The van der Waals surface area contributed by atoms with Crippen molar-refractivity contribution in [3.8, 4) is 11.8 Å². The molecule has 5 nitrogen and oxygen atoms in total. The van der Waals surface area contributed by atoms with Crippen LogP contribution in [0.1, 0.15) is 16.1 Å². The normalized spacial score (nSPS) is 9.69. The van der Waals surface area contributed by atoms with Crippen molar-refractivity contribution in [1.82, 2.24) is 9.55 Å². The number of rotatable bonds is 2. The largest absolute Gasteiger partial charge is 0.476 e. The molecule has 1 aromatic heterocycles. The van der Waals surface area contributed by atoms with E-state index in [1.165, 1.54) is 12.5 Å². The summed E-state index contributed by atoms with van der Waals surface area (Å²) < 4.78 is 1.56. The zero-order valence-corrected chi connectivity index (χ0v) is 8.16. The third-order valence-corrected chi connectivity index (χ3v) is 2.08. The van der Waals surface area contributed by atoms with Gasteiger partial charge in [0.15, 0.2) is 5.69 Å². The molecule has 0 radical (unpaired) electrons. The van der Waals surface area contributed by atoms with Crippen LogP contribution in [0.2, 0.25) is 0 Å². The highest BCUT2D eigenvalue weighted by molar-refractivity contribution is 5.85. The molecule has 0 saturated heterocycles. The van der Waals surface area contributed by atoms with Gasteiger partial charge in [0.2, 0.25) is 0 Å². The fourth-order valence-corrected chi connectivity index (χ4v) is 1.31. The van der Waals surface area contributed by atoms with Crippen molar-refractivity contribution in [2.45, 2.75) is 0 Å². The zero-order valence-electron chi connectivity index (χ0n) is 8.16. The Morgan fingerprint density at radius 1 is 1.50 bits per heavy atom.